The van der Waals surface area contributed by atoms with Crippen molar-refractivity contribution >= 4 is 0 Å². The summed E-state index contributed by atoms with van der Waals surface area (Å²) in [6, 6.07) is 0. The Morgan fingerprint density at radius 1 is 1.83 bits per heavy atom. The highest BCUT2D eigenvalue weighted by Gasteiger charge is 1.90. The van der Waals surface area contributed by atoms with Gasteiger partial charge in [0.05, 0.1) is 6.17 Å². The maximum Gasteiger partial charge on any atom is 0.0985 e. The van der Waals surface area contributed by atoms with Crippen molar-refractivity contribution in [3.63, 3.8) is 0 Å². The molecular weight excluding hydrogens is 81.0 g/mol. The van der Waals surface area contributed by atoms with Crippen LogP contribution in [0.15, 0.2) is 0 Å². The van der Waals surface area contributed by atoms with Crippen molar-refractivity contribution < 1.29 is 4.39 Å². The summed E-state index contributed by atoms with van der Waals surface area (Å²) in [5.74, 6) is 0. The lowest BCUT2D eigenvalue weighted by Gasteiger charge is -1.92. The van der Waals surface area contributed by atoms with Gasteiger partial charge in [0.2, 0.25) is 0 Å². The van der Waals surface area contributed by atoms with Gasteiger partial charge in [-0.2, -0.15) is 0 Å². The fraction of sp³-hybridized carbons (Fsp3) is 1.00. The van der Waals surface area contributed by atoms with E-state index in [2.05, 4.69) is 0 Å². The SMILES string of the molecule is C[C@@H](F)CCN. The normalized spacial score (nSPS) is 14.5. The number of rotatable bonds is 2. The van der Waals surface area contributed by atoms with E-state index in [0.717, 1.165) is 0 Å². The van der Waals surface area contributed by atoms with Crippen molar-refractivity contribution in [1.82, 2.24) is 0 Å². The number of hydrogen-bond donors (Lipinski definition) is 1. The Morgan fingerprint density at radius 2 is 2.33 bits per heavy atom. The van der Waals surface area contributed by atoms with E-state index < -0.39 is 6.17 Å². The first-order valence-electron chi connectivity index (χ1n) is 2.11. The molecule has 0 aliphatic rings. The molecule has 0 amide bonds. The van der Waals surface area contributed by atoms with E-state index in [9.17, 15) is 4.39 Å². The van der Waals surface area contributed by atoms with Crippen LogP contribution in [-0.2, 0) is 0 Å². The highest BCUT2D eigenvalue weighted by Crippen LogP contribution is 1.90. The van der Waals surface area contributed by atoms with Gasteiger partial charge in [-0.15, -0.1) is 0 Å². The van der Waals surface area contributed by atoms with Gasteiger partial charge in [0, 0.05) is 0 Å². The average molecular weight is 91.1 g/mol. The predicted octanol–water partition coefficient (Wildman–Crippen LogP) is 0.693. The van der Waals surface area contributed by atoms with Gasteiger partial charge in [0.15, 0.2) is 0 Å². The molecule has 6 heavy (non-hydrogen) atoms. The third kappa shape index (κ3) is 3.89. The lowest BCUT2D eigenvalue weighted by molar-refractivity contribution is 0.345. The van der Waals surface area contributed by atoms with Crippen LogP contribution in [0.2, 0.25) is 0 Å². The van der Waals surface area contributed by atoms with E-state index in [1.807, 2.05) is 0 Å². The van der Waals surface area contributed by atoms with Crippen LogP contribution in [0, 0.1) is 0 Å². The quantitative estimate of drug-likeness (QED) is 0.531. The molecule has 0 unspecified atom stereocenters. The molecule has 0 rings (SSSR count). The summed E-state index contributed by atoms with van der Waals surface area (Å²) in [5, 5.41) is 0. The summed E-state index contributed by atoms with van der Waals surface area (Å²) >= 11 is 0. The molecule has 0 aromatic rings. The molecule has 0 aliphatic carbocycles. The van der Waals surface area contributed by atoms with Crippen LogP contribution in [0.4, 0.5) is 4.39 Å². The molecule has 0 radical (unpaired) electrons. The van der Waals surface area contributed by atoms with Crippen molar-refractivity contribution in [2.45, 2.75) is 19.5 Å². The van der Waals surface area contributed by atoms with Crippen LogP contribution in [0.5, 0.6) is 0 Å². The second-order valence-electron chi connectivity index (χ2n) is 1.36. The van der Waals surface area contributed by atoms with E-state index >= 15 is 0 Å². The van der Waals surface area contributed by atoms with Gasteiger partial charge in [-0.3, -0.25) is 0 Å². The Kier molecular flexibility index (Phi) is 3.04. The molecule has 0 fully saturated rings. The van der Waals surface area contributed by atoms with Gasteiger partial charge < -0.3 is 5.73 Å². The zero-order valence-corrected chi connectivity index (χ0v) is 3.95. The van der Waals surface area contributed by atoms with Crippen molar-refractivity contribution in [2.24, 2.45) is 5.73 Å². The standard InChI is InChI=1S/C4H10FN/c1-4(5)2-3-6/h4H,2-3,6H2,1H3/t4-/m1/s1. The van der Waals surface area contributed by atoms with Crippen LogP contribution in [0.25, 0.3) is 0 Å². The van der Waals surface area contributed by atoms with Gasteiger partial charge in [0.25, 0.3) is 0 Å². The summed E-state index contributed by atoms with van der Waals surface area (Å²) in [4.78, 5) is 0. The minimum atomic E-state index is -0.727. The molecule has 0 saturated heterocycles. The summed E-state index contributed by atoms with van der Waals surface area (Å²) in [5.41, 5.74) is 4.99. The Labute approximate surface area is 37.3 Å². The molecular formula is C4H10FN. The molecule has 0 aromatic heterocycles. The van der Waals surface area contributed by atoms with E-state index in [0.29, 0.717) is 13.0 Å². The monoisotopic (exact) mass is 91.1 g/mol. The van der Waals surface area contributed by atoms with Crippen LogP contribution in [0.1, 0.15) is 13.3 Å². The molecule has 0 saturated carbocycles. The fourth-order valence-electron chi connectivity index (χ4n) is 0.230. The molecule has 38 valence electrons. The summed E-state index contributed by atoms with van der Waals surface area (Å²) in [7, 11) is 0. The van der Waals surface area contributed by atoms with Gasteiger partial charge >= 0.3 is 0 Å². The maximum absolute atomic E-state index is 11.6. The fourth-order valence-corrected chi connectivity index (χ4v) is 0.230. The zero-order chi connectivity index (χ0) is 4.99. The zero-order valence-electron chi connectivity index (χ0n) is 3.95. The number of halogens is 1. The third-order valence-electron chi connectivity index (χ3n) is 0.564. The first-order chi connectivity index (χ1) is 2.77. The van der Waals surface area contributed by atoms with Gasteiger partial charge in [-0.25, -0.2) is 4.39 Å². The molecule has 1 atom stereocenters. The van der Waals surface area contributed by atoms with Crippen LogP contribution in [0.3, 0.4) is 0 Å². The second-order valence-corrected chi connectivity index (χ2v) is 1.36. The highest BCUT2D eigenvalue weighted by atomic mass is 19.1. The Balaban J connectivity index is 2.63. The Hall–Kier alpha value is -0.110. The molecule has 0 aliphatic heterocycles. The average Bonchev–Trinajstić information content (AvgIpc) is 1.35. The Morgan fingerprint density at radius 3 is 2.33 bits per heavy atom. The highest BCUT2D eigenvalue weighted by molar-refractivity contribution is 4.44. The van der Waals surface area contributed by atoms with Crippen LogP contribution in [-0.4, -0.2) is 12.7 Å². The van der Waals surface area contributed by atoms with E-state index in [-0.39, 0.29) is 0 Å². The lowest BCUT2D eigenvalue weighted by atomic mass is 10.3. The molecule has 1 nitrogen and oxygen atoms in total. The first-order valence-corrected chi connectivity index (χ1v) is 2.11. The van der Waals surface area contributed by atoms with Gasteiger partial charge in [-0.1, -0.05) is 0 Å². The molecule has 0 heterocycles. The third-order valence-corrected chi connectivity index (χ3v) is 0.564. The van der Waals surface area contributed by atoms with E-state index in [1.165, 1.54) is 6.92 Å². The van der Waals surface area contributed by atoms with Crippen molar-refractivity contribution in [2.75, 3.05) is 6.54 Å². The Bertz CT molecular complexity index is 28.7. The summed E-state index contributed by atoms with van der Waals surface area (Å²) in [6.07, 6.45) is -0.241. The molecule has 2 heteroatoms. The lowest BCUT2D eigenvalue weighted by Crippen LogP contribution is -2.04. The van der Waals surface area contributed by atoms with Gasteiger partial charge in [-0.05, 0) is 19.9 Å². The van der Waals surface area contributed by atoms with Crippen molar-refractivity contribution in [3.8, 4) is 0 Å². The summed E-state index contributed by atoms with van der Waals surface area (Å²) < 4.78 is 11.6. The van der Waals surface area contributed by atoms with Crippen LogP contribution >= 0.6 is 0 Å². The molecule has 0 aromatic carbocycles. The predicted molar refractivity (Wildman–Crippen MR) is 24.2 cm³/mol. The molecule has 2 N–H and O–H groups in total. The number of nitrogens with two attached hydrogens (primary N) is 1. The van der Waals surface area contributed by atoms with Crippen molar-refractivity contribution in [1.29, 1.82) is 0 Å². The molecule has 0 spiro atoms. The smallest absolute Gasteiger partial charge is 0.0985 e. The summed E-state index contributed by atoms with van der Waals surface area (Å²) in [6.45, 7) is 1.96. The second kappa shape index (κ2) is 3.09. The largest absolute Gasteiger partial charge is 0.330 e. The van der Waals surface area contributed by atoms with E-state index in [1.54, 1.807) is 0 Å². The first kappa shape index (κ1) is 5.89. The maximum atomic E-state index is 11.6. The number of alkyl halides is 1. The topological polar surface area (TPSA) is 26.0 Å². The number of hydrogen-bond acceptors (Lipinski definition) is 1. The van der Waals surface area contributed by atoms with Crippen LogP contribution < -0.4 is 5.73 Å². The molecule has 0 bridgehead atoms. The van der Waals surface area contributed by atoms with Crippen molar-refractivity contribution in [3.05, 3.63) is 0 Å². The van der Waals surface area contributed by atoms with E-state index in [4.69, 9.17) is 5.73 Å². The van der Waals surface area contributed by atoms with Gasteiger partial charge in [0.1, 0.15) is 0 Å². The minimum absolute atomic E-state index is 0.456. The minimum Gasteiger partial charge on any atom is -0.330 e.